The molecule has 122 valence electrons. The van der Waals surface area contributed by atoms with Crippen LogP contribution < -0.4 is 16.4 Å². The van der Waals surface area contributed by atoms with E-state index in [9.17, 15) is 18.8 Å². The van der Waals surface area contributed by atoms with E-state index in [1.54, 1.807) is 24.3 Å². The fourth-order valence-electron chi connectivity index (χ4n) is 2.30. The fourth-order valence-corrected chi connectivity index (χ4v) is 2.49. The smallest absolute Gasteiger partial charge is 0.317 e. The molecule has 3 rings (SSSR count). The van der Waals surface area contributed by atoms with Crippen LogP contribution in [0.3, 0.4) is 0 Å². The number of para-hydroxylation sites is 1. The Hall–Kier alpha value is -2.93. The Morgan fingerprint density at radius 3 is 2.71 bits per heavy atom. The van der Waals surface area contributed by atoms with Gasteiger partial charge in [0.15, 0.2) is 0 Å². The molecular weight excluding hydrogens is 337 g/mol. The van der Waals surface area contributed by atoms with Crippen LogP contribution >= 0.6 is 11.6 Å². The van der Waals surface area contributed by atoms with E-state index in [0.29, 0.717) is 10.7 Å². The molecule has 0 unspecified atom stereocenters. The molecule has 0 bridgehead atoms. The third kappa shape index (κ3) is 3.07. The average molecular weight is 348 g/mol. The first-order valence-electron chi connectivity index (χ1n) is 6.92. The summed E-state index contributed by atoms with van der Waals surface area (Å²) in [7, 11) is 0. The van der Waals surface area contributed by atoms with Gasteiger partial charge in [0.05, 0.1) is 21.7 Å². The van der Waals surface area contributed by atoms with Crippen LogP contribution in [0, 0.1) is 5.82 Å². The van der Waals surface area contributed by atoms with Gasteiger partial charge in [0, 0.05) is 0 Å². The molecular formula is C16H11ClFN3O3. The summed E-state index contributed by atoms with van der Waals surface area (Å²) in [6, 6.07) is 10.2. The van der Waals surface area contributed by atoms with Gasteiger partial charge in [0.2, 0.25) is 5.91 Å². The topological polar surface area (TPSA) is 84.0 Å². The van der Waals surface area contributed by atoms with Crippen molar-refractivity contribution in [2.24, 2.45) is 0 Å². The first-order chi connectivity index (χ1) is 11.5. The minimum absolute atomic E-state index is 0.130. The number of aromatic amines is 1. The highest BCUT2D eigenvalue weighted by atomic mass is 35.5. The molecule has 8 heteroatoms. The van der Waals surface area contributed by atoms with E-state index in [2.05, 4.69) is 10.3 Å². The van der Waals surface area contributed by atoms with Crippen molar-refractivity contribution in [2.45, 2.75) is 6.54 Å². The number of anilines is 1. The third-order valence-electron chi connectivity index (χ3n) is 3.39. The van der Waals surface area contributed by atoms with Crippen LogP contribution in [0.25, 0.3) is 11.0 Å². The molecule has 1 amide bonds. The number of carbonyl (C=O) groups excluding carboxylic acids is 1. The van der Waals surface area contributed by atoms with Crippen LogP contribution in [-0.2, 0) is 11.3 Å². The second-order valence-electron chi connectivity index (χ2n) is 5.03. The molecule has 0 atom stereocenters. The largest absolute Gasteiger partial charge is 0.323 e. The fraction of sp³-hybridized carbons (Fsp3) is 0.0625. The minimum atomic E-state index is -0.932. The summed E-state index contributed by atoms with van der Waals surface area (Å²) in [5.74, 6) is -1.11. The van der Waals surface area contributed by atoms with Gasteiger partial charge in [-0.1, -0.05) is 23.7 Å². The predicted molar refractivity (Wildman–Crippen MR) is 88.9 cm³/mol. The number of halogens is 2. The Labute approximate surface area is 139 Å². The van der Waals surface area contributed by atoms with E-state index >= 15 is 0 Å². The van der Waals surface area contributed by atoms with E-state index in [1.165, 1.54) is 6.07 Å². The Bertz CT molecular complexity index is 1060. The molecule has 1 aromatic heterocycles. The van der Waals surface area contributed by atoms with Gasteiger partial charge in [-0.25, -0.2) is 4.39 Å². The Balaban J connectivity index is 1.99. The lowest BCUT2D eigenvalue weighted by Crippen LogP contribution is -2.38. The van der Waals surface area contributed by atoms with Crippen molar-refractivity contribution >= 4 is 34.2 Å². The van der Waals surface area contributed by atoms with Crippen molar-refractivity contribution in [1.82, 2.24) is 9.55 Å². The van der Waals surface area contributed by atoms with E-state index in [-0.39, 0.29) is 11.0 Å². The SMILES string of the molecule is O=C(Cn1c(=O)c(=O)[nH]c2cc(F)ccc21)Nc1ccccc1Cl. The van der Waals surface area contributed by atoms with Crippen LogP contribution in [0.1, 0.15) is 0 Å². The van der Waals surface area contributed by atoms with Crippen molar-refractivity contribution in [1.29, 1.82) is 0 Å². The Morgan fingerprint density at radius 2 is 1.96 bits per heavy atom. The van der Waals surface area contributed by atoms with E-state index in [4.69, 9.17) is 11.6 Å². The summed E-state index contributed by atoms with van der Waals surface area (Å²) in [6.07, 6.45) is 0. The molecule has 2 N–H and O–H groups in total. The van der Waals surface area contributed by atoms with Gasteiger partial charge in [-0.15, -0.1) is 0 Å². The van der Waals surface area contributed by atoms with Crippen LogP contribution in [0.2, 0.25) is 5.02 Å². The lowest BCUT2D eigenvalue weighted by atomic mass is 10.2. The summed E-state index contributed by atoms with van der Waals surface area (Å²) < 4.78 is 14.3. The predicted octanol–water partition coefficient (Wildman–Crippen LogP) is 2.12. The summed E-state index contributed by atoms with van der Waals surface area (Å²) in [5.41, 5.74) is -1.07. The molecule has 1 heterocycles. The number of H-pyrrole nitrogens is 1. The third-order valence-corrected chi connectivity index (χ3v) is 3.72. The van der Waals surface area contributed by atoms with E-state index < -0.39 is 29.4 Å². The monoisotopic (exact) mass is 347 g/mol. The lowest BCUT2D eigenvalue weighted by molar-refractivity contribution is -0.116. The van der Waals surface area contributed by atoms with Gasteiger partial charge >= 0.3 is 11.1 Å². The molecule has 0 aliphatic carbocycles. The molecule has 0 saturated heterocycles. The molecule has 3 aromatic rings. The second-order valence-corrected chi connectivity index (χ2v) is 5.44. The van der Waals surface area contributed by atoms with Gasteiger partial charge in [0.25, 0.3) is 0 Å². The number of nitrogens with zero attached hydrogens (tertiary/aromatic N) is 1. The number of aromatic nitrogens is 2. The number of rotatable bonds is 3. The molecule has 6 nitrogen and oxygen atoms in total. The quantitative estimate of drug-likeness (QED) is 0.712. The highest BCUT2D eigenvalue weighted by molar-refractivity contribution is 6.33. The van der Waals surface area contributed by atoms with Crippen LogP contribution in [-0.4, -0.2) is 15.5 Å². The van der Waals surface area contributed by atoms with Crippen molar-refractivity contribution in [3.63, 3.8) is 0 Å². The first-order valence-corrected chi connectivity index (χ1v) is 7.30. The van der Waals surface area contributed by atoms with Crippen molar-refractivity contribution < 1.29 is 9.18 Å². The maximum absolute atomic E-state index is 13.3. The van der Waals surface area contributed by atoms with Crippen molar-refractivity contribution in [2.75, 3.05) is 5.32 Å². The molecule has 0 radical (unpaired) electrons. The number of benzene rings is 2. The zero-order valence-electron chi connectivity index (χ0n) is 12.2. The second kappa shape index (κ2) is 6.29. The maximum Gasteiger partial charge on any atom is 0.317 e. The maximum atomic E-state index is 13.3. The number of carbonyl (C=O) groups is 1. The molecule has 2 aromatic carbocycles. The standard InChI is InChI=1S/C16H11ClFN3O3/c17-10-3-1-2-4-11(10)19-14(22)8-21-13-6-5-9(18)7-12(13)20-15(23)16(21)24/h1-7H,8H2,(H,19,22)(H,20,23). The highest BCUT2D eigenvalue weighted by Gasteiger charge is 2.13. The minimum Gasteiger partial charge on any atom is -0.323 e. The van der Waals surface area contributed by atoms with Gasteiger partial charge in [-0.2, -0.15) is 0 Å². The lowest BCUT2D eigenvalue weighted by Gasteiger charge is -2.11. The summed E-state index contributed by atoms with van der Waals surface area (Å²) in [6.45, 7) is -0.407. The highest BCUT2D eigenvalue weighted by Crippen LogP contribution is 2.20. The molecule has 0 aliphatic heterocycles. The van der Waals surface area contributed by atoms with Crippen LogP contribution in [0.15, 0.2) is 52.1 Å². The molecule has 0 fully saturated rings. The van der Waals surface area contributed by atoms with Gasteiger partial charge in [0.1, 0.15) is 12.4 Å². The number of nitrogens with one attached hydrogen (secondary N) is 2. The Morgan fingerprint density at radius 1 is 1.21 bits per heavy atom. The number of fused-ring (bicyclic) bond motifs is 1. The van der Waals surface area contributed by atoms with Gasteiger partial charge < -0.3 is 10.3 Å². The summed E-state index contributed by atoms with van der Waals surface area (Å²) in [4.78, 5) is 38.2. The zero-order chi connectivity index (χ0) is 17.3. The normalized spacial score (nSPS) is 10.8. The number of amides is 1. The zero-order valence-corrected chi connectivity index (χ0v) is 12.9. The molecule has 24 heavy (non-hydrogen) atoms. The molecule has 0 aliphatic rings. The summed E-state index contributed by atoms with van der Waals surface area (Å²) in [5, 5.41) is 2.91. The van der Waals surface area contributed by atoms with Gasteiger partial charge in [-0.3, -0.25) is 19.0 Å². The van der Waals surface area contributed by atoms with Crippen LogP contribution in [0.5, 0.6) is 0 Å². The summed E-state index contributed by atoms with van der Waals surface area (Å²) >= 11 is 5.96. The van der Waals surface area contributed by atoms with E-state index in [0.717, 1.165) is 16.7 Å². The Kier molecular flexibility index (Phi) is 4.18. The van der Waals surface area contributed by atoms with Crippen molar-refractivity contribution in [3.05, 3.63) is 74.0 Å². The van der Waals surface area contributed by atoms with Gasteiger partial charge in [-0.05, 0) is 30.3 Å². The van der Waals surface area contributed by atoms with Crippen molar-refractivity contribution in [3.8, 4) is 0 Å². The molecule has 0 saturated carbocycles. The number of hydrogen-bond acceptors (Lipinski definition) is 3. The van der Waals surface area contributed by atoms with Crippen LogP contribution in [0.4, 0.5) is 10.1 Å². The average Bonchev–Trinajstić information content (AvgIpc) is 2.54. The number of hydrogen-bond donors (Lipinski definition) is 2. The molecule has 0 spiro atoms. The van der Waals surface area contributed by atoms with E-state index in [1.807, 2.05) is 0 Å². The first kappa shape index (κ1) is 15.9.